The monoisotopic (exact) mass is 261 g/mol. The van der Waals surface area contributed by atoms with E-state index in [1.165, 1.54) is 0 Å². The lowest BCUT2D eigenvalue weighted by Gasteiger charge is -2.13. The van der Waals surface area contributed by atoms with Crippen LogP contribution in [0.2, 0.25) is 0 Å². The molecule has 2 aromatic rings. The summed E-state index contributed by atoms with van der Waals surface area (Å²) in [6, 6.07) is 5.12. The molecule has 0 bridgehead atoms. The number of nitrogens with two attached hydrogens (primary N) is 1. The van der Waals surface area contributed by atoms with Crippen molar-refractivity contribution in [2.45, 2.75) is 6.42 Å². The Kier molecular flexibility index (Phi) is 3.08. The van der Waals surface area contributed by atoms with Gasteiger partial charge in [0.2, 0.25) is 5.76 Å². The molecule has 1 atom stereocenters. The van der Waals surface area contributed by atoms with Crippen LogP contribution in [0.4, 0.5) is 0 Å². The summed E-state index contributed by atoms with van der Waals surface area (Å²) in [6.07, 6.45) is 2.50. The van der Waals surface area contributed by atoms with Gasteiger partial charge in [0.15, 0.2) is 11.5 Å². The molecule has 6 nitrogen and oxygen atoms in total. The Labute approximate surface area is 110 Å². The maximum Gasteiger partial charge on any atom is 0.276 e. The van der Waals surface area contributed by atoms with E-state index in [2.05, 4.69) is 5.16 Å². The summed E-state index contributed by atoms with van der Waals surface area (Å²) in [5.41, 5.74) is 5.93. The van der Waals surface area contributed by atoms with Crippen molar-refractivity contribution in [2.24, 2.45) is 11.7 Å². The third-order valence-corrected chi connectivity index (χ3v) is 3.40. The van der Waals surface area contributed by atoms with Gasteiger partial charge in [-0.2, -0.15) is 0 Å². The van der Waals surface area contributed by atoms with Crippen molar-refractivity contribution < 1.29 is 13.7 Å². The van der Waals surface area contributed by atoms with Crippen LogP contribution < -0.4 is 5.73 Å². The highest BCUT2D eigenvalue weighted by Crippen LogP contribution is 2.23. The highest BCUT2D eigenvalue weighted by molar-refractivity contribution is 5.93. The van der Waals surface area contributed by atoms with Crippen molar-refractivity contribution in [1.29, 1.82) is 0 Å². The number of aromatic nitrogens is 1. The standard InChI is InChI=1S/C13H15N3O3/c14-7-9-3-4-16(8-9)13(17)10-6-12(19-15-10)11-2-1-5-18-11/h1-2,5-6,9H,3-4,7-8,14H2. The largest absolute Gasteiger partial charge is 0.461 e. The zero-order chi connectivity index (χ0) is 13.2. The summed E-state index contributed by atoms with van der Waals surface area (Å²) >= 11 is 0. The molecule has 1 unspecified atom stereocenters. The lowest BCUT2D eigenvalue weighted by Crippen LogP contribution is -2.30. The quantitative estimate of drug-likeness (QED) is 0.901. The van der Waals surface area contributed by atoms with E-state index in [-0.39, 0.29) is 5.91 Å². The summed E-state index contributed by atoms with van der Waals surface area (Å²) in [6.45, 7) is 2.03. The summed E-state index contributed by atoms with van der Waals surface area (Å²) < 4.78 is 10.3. The topological polar surface area (TPSA) is 85.5 Å². The van der Waals surface area contributed by atoms with Gasteiger partial charge in [-0.25, -0.2) is 0 Å². The molecule has 0 spiro atoms. The zero-order valence-corrected chi connectivity index (χ0v) is 10.4. The first-order valence-electron chi connectivity index (χ1n) is 6.28. The molecule has 19 heavy (non-hydrogen) atoms. The fourth-order valence-corrected chi connectivity index (χ4v) is 2.28. The van der Waals surface area contributed by atoms with E-state index in [9.17, 15) is 4.79 Å². The van der Waals surface area contributed by atoms with Crippen LogP contribution in [0.5, 0.6) is 0 Å². The van der Waals surface area contributed by atoms with Gasteiger partial charge in [-0.3, -0.25) is 4.79 Å². The summed E-state index contributed by atoms with van der Waals surface area (Å²) in [4.78, 5) is 14.0. The van der Waals surface area contributed by atoms with Gasteiger partial charge in [-0.1, -0.05) is 5.16 Å². The average Bonchev–Trinajstić information content (AvgIpc) is 3.16. The maximum atomic E-state index is 12.2. The number of carbonyl (C=O) groups is 1. The molecule has 1 saturated heterocycles. The number of hydrogen-bond acceptors (Lipinski definition) is 5. The van der Waals surface area contributed by atoms with E-state index < -0.39 is 0 Å². The van der Waals surface area contributed by atoms with Crippen LogP contribution in [0.1, 0.15) is 16.9 Å². The van der Waals surface area contributed by atoms with E-state index in [0.717, 1.165) is 13.0 Å². The molecule has 0 aromatic carbocycles. The highest BCUT2D eigenvalue weighted by Gasteiger charge is 2.28. The Morgan fingerprint density at radius 3 is 3.11 bits per heavy atom. The van der Waals surface area contributed by atoms with E-state index in [0.29, 0.717) is 36.2 Å². The van der Waals surface area contributed by atoms with Crippen LogP contribution >= 0.6 is 0 Å². The predicted octanol–water partition coefficient (Wildman–Crippen LogP) is 1.36. The molecule has 3 heterocycles. The van der Waals surface area contributed by atoms with Crippen molar-refractivity contribution in [1.82, 2.24) is 10.1 Å². The third-order valence-electron chi connectivity index (χ3n) is 3.40. The first kappa shape index (κ1) is 12.0. The lowest BCUT2D eigenvalue weighted by atomic mass is 10.1. The van der Waals surface area contributed by atoms with Crippen LogP contribution in [0, 0.1) is 5.92 Å². The smallest absolute Gasteiger partial charge is 0.276 e. The average molecular weight is 261 g/mol. The Bertz CT molecular complexity index is 561. The molecule has 6 heteroatoms. The molecule has 3 rings (SSSR count). The Balaban J connectivity index is 1.74. The van der Waals surface area contributed by atoms with Crippen molar-refractivity contribution in [3.8, 4) is 11.5 Å². The predicted molar refractivity (Wildman–Crippen MR) is 67.3 cm³/mol. The minimum Gasteiger partial charge on any atom is -0.461 e. The zero-order valence-electron chi connectivity index (χ0n) is 10.4. The molecule has 1 aliphatic rings. The fraction of sp³-hybridized carbons (Fsp3) is 0.385. The van der Waals surface area contributed by atoms with Crippen LogP contribution in [-0.4, -0.2) is 35.6 Å². The van der Waals surface area contributed by atoms with Crippen molar-refractivity contribution in [3.05, 3.63) is 30.2 Å². The molecule has 2 N–H and O–H groups in total. The Morgan fingerprint density at radius 2 is 2.42 bits per heavy atom. The molecular formula is C13H15N3O3. The van der Waals surface area contributed by atoms with Gasteiger partial charge in [-0.05, 0) is 31.0 Å². The highest BCUT2D eigenvalue weighted by atomic mass is 16.5. The second-order valence-electron chi connectivity index (χ2n) is 4.70. The number of furan rings is 1. The molecule has 0 aliphatic carbocycles. The Hall–Kier alpha value is -2.08. The first-order chi connectivity index (χ1) is 9.28. The minimum absolute atomic E-state index is 0.113. The molecule has 100 valence electrons. The second kappa shape index (κ2) is 4.89. The van der Waals surface area contributed by atoms with Gasteiger partial charge >= 0.3 is 0 Å². The first-order valence-corrected chi connectivity index (χ1v) is 6.28. The summed E-state index contributed by atoms with van der Waals surface area (Å²) in [5, 5.41) is 3.81. The number of nitrogens with zero attached hydrogens (tertiary/aromatic N) is 2. The number of carbonyl (C=O) groups excluding carboxylic acids is 1. The summed E-state index contributed by atoms with van der Waals surface area (Å²) in [7, 11) is 0. The molecule has 0 saturated carbocycles. The molecule has 1 amide bonds. The second-order valence-corrected chi connectivity index (χ2v) is 4.70. The minimum atomic E-state index is -0.113. The molecule has 2 aromatic heterocycles. The SMILES string of the molecule is NCC1CCN(C(=O)c2cc(-c3ccco3)on2)C1. The maximum absolute atomic E-state index is 12.2. The van der Waals surface area contributed by atoms with Crippen LogP contribution in [-0.2, 0) is 0 Å². The number of likely N-dealkylation sites (tertiary alicyclic amines) is 1. The molecule has 0 radical (unpaired) electrons. The van der Waals surface area contributed by atoms with Gasteiger partial charge in [0, 0.05) is 19.2 Å². The van der Waals surface area contributed by atoms with Gasteiger partial charge in [0.1, 0.15) is 0 Å². The normalized spacial score (nSPS) is 19.0. The number of rotatable bonds is 3. The van der Waals surface area contributed by atoms with Gasteiger partial charge in [-0.15, -0.1) is 0 Å². The van der Waals surface area contributed by atoms with Crippen LogP contribution in [0.3, 0.4) is 0 Å². The van der Waals surface area contributed by atoms with E-state index in [4.69, 9.17) is 14.7 Å². The van der Waals surface area contributed by atoms with Crippen molar-refractivity contribution >= 4 is 5.91 Å². The van der Waals surface area contributed by atoms with E-state index in [1.807, 2.05) is 0 Å². The lowest BCUT2D eigenvalue weighted by molar-refractivity contribution is 0.0777. The van der Waals surface area contributed by atoms with Crippen LogP contribution in [0.25, 0.3) is 11.5 Å². The molecular weight excluding hydrogens is 246 g/mol. The van der Waals surface area contributed by atoms with Crippen molar-refractivity contribution in [2.75, 3.05) is 19.6 Å². The number of amides is 1. The third kappa shape index (κ3) is 2.26. The van der Waals surface area contributed by atoms with Crippen molar-refractivity contribution in [3.63, 3.8) is 0 Å². The van der Waals surface area contributed by atoms with E-state index in [1.54, 1.807) is 29.4 Å². The van der Waals surface area contributed by atoms with E-state index >= 15 is 0 Å². The fourth-order valence-electron chi connectivity index (χ4n) is 2.28. The van der Waals surface area contributed by atoms with Gasteiger partial charge < -0.3 is 19.6 Å². The molecule has 1 aliphatic heterocycles. The number of hydrogen-bond donors (Lipinski definition) is 1. The van der Waals surface area contributed by atoms with Crippen LogP contribution in [0.15, 0.2) is 33.4 Å². The van der Waals surface area contributed by atoms with Gasteiger partial charge in [0.05, 0.1) is 6.26 Å². The van der Waals surface area contributed by atoms with Gasteiger partial charge in [0.25, 0.3) is 5.91 Å². The Morgan fingerprint density at radius 1 is 1.53 bits per heavy atom. The summed E-state index contributed by atoms with van der Waals surface area (Å²) in [5.74, 6) is 1.30. The molecule has 1 fully saturated rings.